The number of rotatable bonds is 5. The highest BCUT2D eigenvalue weighted by molar-refractivity contribution is 5.97. The van der Waals surface area contributed by atoms with Gasteiger partial charge in [-0.25, -0.2) is 0 Å². The van der Waals surface area contributed by atoms with Crippen molar-refractivity contribution in [2.75, 3.05) is 33.9 Å². The molecule has 1 fully saturated rings. The van der Waals surface area contributed by atoms with Gasteiger partial charge in [0.05, 0.1) is 19.8 Å². The highest BCUT2D eigenvalue weighted by Gasteiger charge is 2.18. The molecule has 6 heteroatoms. The van der Waals surface area contributed by atoms with Gasteiger partial charge < -0.3 is 20.1 Å². The molecule has 2 N–H and O–H groups in total. The summed E-state index contributed by atoms with van der Waals surface area (Å²) in [4.78, 5) is 12.2. The Morgan fingerprint density at radius 1 is 1.40 bits per heavy atom. The molecule has 0 radical (unpaired) electrons. The summed E-state index contributed by atoms with van der Waals surface area (Å²) >= 11 is 0. The van der Waals surface area contributed by atoms with E-state index < -0.39 is 0 Å². The summed E-state index contributed by atoms with van der Waals surface area (Å²) in [6.07, 6.45) is 1.11. The number of methoxy groups -OCH3 is 2. The highest BCUT2D eigenvalue weighted by Crippen LogP contribution is 2.23. The van der Waals surface area contributed by atoms with Crippen LogP contribution in [0.15, 0.2) is 18.2 Å². The number of carbonyl (C=O) groups is 1. The average molecular weight is 301 g/mol. The summed E-state index contributed by atoms with van der Waals surface area (Å²) in [5, 5.41) is 6.23. The molecule has 2 rings (SSSR count). The molecule has 112 valence electrons. The lowest BCUT2D eigenvalue weighted by Gasteiger charge is -2.13. The van der Waals surface area contributed by atoms with Crippen molar-refractivity contribution in [1.29, 1.82) is 0 Å². The van der Waals surface area contributed by atoms with Gasteiger partial charge in [-0.15, -0.1) is 12.4 Å². The smallest absolute Gasteiger partial charge is 0.255 e. The number of hydrogen-bond acceptors (Lipinski definition) is 4. The Hall–Kier alpha value is -1.46. The molecule has 0 aromatic heterocycles. The van der Waals surface area contributed by atoms with E-state index in [1.165, 1.54) is 0 Å². The maximum Gasteiger partial charge on any atom is 0.255 e. The van der Waals surface area contributed by atoms with E-state index in [1.54, 1.807) is 32.4 Å². The first-order valence-corrected chi connectivity index (χ1v) is 6.45. The van der Waals surface area contributed by atoms with Gasteiger partial charge in [0.2, 0.25) is 0 Å². The van der Waals surface area contributed by atoms with Crippen molar-refractivity contribution in [2.24, 2.45) is 5.92 Å². The van der Waals surface area contributed by atoms with Gasteiger partial charge in [0.15, 0.2) is 0 Å². The minimum absolute atomic E-state index is 0. The van der Waals surface area contributed by atoms with Gasteiger partial charge in [-0.1, -0.05) is 0 Å². The van der Waals surface area contributed by atoms with Gasteiger partial charge in [0.1, 0.15) is 11.5 Å². The molecule has 0 saturated carbocycles. The Bertz CT molecular complexity index is 448. The number of carbonyl (C=O) groups excluding carboxylic acids is 1. The molecule has 1 heterocycles. The largest absolute Gasteiger partial charge is 0.497 e. The lowest BCUT2D eigenvalue weighted by atomic mass is 10.1. The van der Waals surface area contributed by atoms with Crippen LogP contribution in [0.1, 0.15) is 16.8 Å². The number of nitrogens with one attached hydrogen (secondary N) is 2. The summed E-state index contributed by atoms with van der Waals surface area (Å²) < 4.78 is 10.3. The maximum atomic E-state index is 12.2. The summed E-state index contributed by atoms with van der Waals surface area (Å²) in [5.41, 5.74) is 0.507. The van der Waals surface area contributed by atoms with Crippen molar-refractivity contribution in [1.82, 2.24) is 10.6 Å². The first-order valence-electron chi connectivity index (χ1n) is 6.45. The zero-order chi connectivity index (χ0) is 13.7. The minimum atomic E-state index is -0.123. The highest BCUT2D eigenvalue weighted by atomic mass is 35.5. The number of benzene rings is 1. The summed E-state index contributed by atoms with van der Waals surface area (Å²) in [6, 6.07) is 5.21. The van der Waals surface area contributed by atoms with Crippen LogP contribution in [-0.2, 0) is 0 Å². The Morgan fingerprint density at radius 2 is 2.20 bits per heavy atom. The third-order valence-corrected chi connectivity index (χ3v) is 3.36. The SMILES string of the molecule is COc1ccc(OC)c(C(=O)NCC2CCNC2)c1.Cl. The van der Waals surface area contributed by atoms with E-state index in [0.717, 1.165) is 19.5 Å². The molecule has 1 aromatic carbocycles. The van der Waals surface area contributed by atoms with Crippen LogP contribution >= 0.6 is 12.4 Å². The molecule has 1 aliphatic heterocycles. The maximum absolute atomic E-state index is 12.2. The molecule has 1 atom stereocenters. The molecular formula is C14H21ClN2O3. The number of halogens is 1. The Labute approximate surface area is 125 Å². The molecule has 0 bridgehead atoms. The lowest BCUT2D eigenvalue weighted by molar-refractivity contribution is 0.0945. The van der Waals surface area contributed by atoms with Crippen LogP contribution in [0.3, 0.4) is 0 Å². The van der Waals surface area contributed by atoms with E-state index >= 15 is 0 Å². The molecular weight excluding hydrogens is 280 g/mol. The van der Waals surface area contributed by atoms with E-state index in [9.17, 15) is 4.79 Å². The van der Waals surface area contributed by atoms with Crippen molar-refractivity contribution in [3.63, 3.8) is 0 Å². The fourth-order valence-electron chi connectivity index (χ4n) is 2.21. The lowest BCUT2D eigenvalue weighted by Crippen LogP contribution is -2.30. The number of amides is 1. The average Bonchev–Trinajstić information content (AvgIpc) is 2.97. The van der Waals surface area contributed by atoms with Crippen LogP contribution in [0.4, 0.5) is 0 Å². The zero-order valence-electron chi connectivity index (χ0n) is 11.8. The van der Waals surface area contributed by atoms with Gasteiger partial charge in [0.25, 0.3) is 5.91 Å². The van der Waals surface area contributed by atoms with Gasteiger partial charge in [0, 0.05) is 6.54 Å². The third kappa shape index (κ3) is 4.02. The molecule has 5 nitrogen and oxygen atoms in total. The first kappa shape index (κ1) is 16.6. The zero-order valence-corrected chi connectivity index (χ0v) is 12.6. The molecule has 1 aromatic rings. The van der Waals surface area contributed by atoms with E-state index in [-0.39, 0.29) is 18.3 Å². The normalized spacial score (nSPS) is 17.2. The number of ether oxygens (including phenoxy) is 2. The van der Waals surface area contributed by atoms with Gasteiger partial charge >= 0.3 is 0 Å². The van der Waals surface area contributed by atoms with Crippen LogP contribution in [0.5, 0.6) is 11.5 Å². The minimum Gasteiger partial charge on any atom is -0.497 e. The predicted molar refractivity (Wildman–Crippen MR) is 80.1 cm³/mol. The fourth-order valence-corrected chi connectivity index (χ4v) is 2.21. The fraction of sp³-hybridized carbons (Fsp3) is 0.500. The summed E-state index contributed by atoms with van der Waals surface area (Å²) in [5.74, 6) is 1.60. The predicted octanol–water partition coefficient (Wildman–Crippen LogP) is 1.46. The van der Waals surface area contributed by atoms with Crippen molar-refractivity contribution < 1.29 is 14.3 Å². The van der Waals surface area contributed by atoms with Crippen LogP contribution in [0.25, 0.3) is 0 Å². The van der Waals surface area contributed by atoms with Crippen LogP contribution in [-0.4, -0.2) is 39.8 Å². The van der Waals surface area contributed by atoms with Crippen LogP contribution in [0.2, 0.25) is 0 Å². The van der Waals surface area contributed by atoms with E-state index in [4.69, 9.17) is 9.47 Å². The molecule has 20 heavy (non-hydrogen) atoms. The van der Waals surface area contributed by atoms with Gasteiger partial charge in [-0.2, -0.15) is 0 Å². The molecule has 1 saturated heterocycles. The summed E-state index contributed by atoms with van der Waals surface area (Å²) in [7, 11) is 3.13. The van der Waals surface area contributed by atoms with Crippen molar-refractivity contribution in [2.45, 2.75) is 6.42 Å². The van der Waals surface area contributed by atoms with Crippen molar-refractivity contribution in [3.05, 3.63) is 23.8 Å². The molecule has 1 unspecified atom stereocenters. The monoisotopic (exact) mass is 300 g/mol. The van der Waals surface area contributed by atoms with Crippen molar-refractivity contribution in [3.8, 4) is 11.5 Å². The second-order valence-electron chi connectivity index (χ2n) is 4.64. The Morgan fingerprint density at radius 3 is 2.80 bits per heavy atom. The summed E-state index contributed by atoms with van der Waals surface area (Å²) in [6.45, 7) is 2.69. The van der Waals surface area contributed by atoms with Gasteiger partial charge in [-0.05, 0) is 43.6 Å². The van der Waals surface area contributed by atoms with E-state index in [2.05, 4.69) is 10.6 Å². The Balaban J connectivity index is 0.00000200. The van der Waals surface area contributed by atoms with Crippen LogP contribution in [0, 0.1) is 5.92 Å². The second kappa shape index (κ2) is 7.97. The molecule has 1 amide bonds. The topological polar surface area (TPSA) is 59.6 Å². The molecule has 0 aliphatic carbocycles. The molecule has 1 aliphatic rings. The standard InChI is InChI=1S/C14H20N2O3.ClH/c1-18-11-3-4-13(19-2)12(7-11)14(17)16-9-10-5-6-15-8-10;/h3-4,7,10,15H,5-6,8-9H2,1-2H3,(H,16,17);1H. The van der Waals surface area contributed by atoms with Crippen molar-refractivity contribution >= 4 is 18.3 Å². The molecule has 0 spiro atoms. The number of hydrogen-bond donors (Lipinski definition) is 2. The second-order valence-corrected chi connectivity index (χ2v) is 4.64. The van der Waals surface area contributed by atoms with Gasteiger partial charge in [-0.3, -0.25) is 4.79 Å². The van der Waals surface area contributed by atoms with E-state index in [0.29, 0.717) is 29.5 Å². The first-order chi connectivity index (χ1) is 9.24. The Kier molecular flexibility index (Phi) is 6.61. The third-order valence-electron chi connectivity index (χ3n) is 3.36. The quantitative estimate of drug-likeness (QED) is 0.864. The van der Waals surface area contributed by atoms with E-state index in [1.807, 2.05) is 0 Å². The van der Waals surface area contributed by atoms with Crippen LogP contribution < -0.4 is 20.1 Å².